The van der Waals surface area contributed by atoms with Crippen LogP contribution in [0.5, 0.6) is 0 Å². The standard InChI is InChI=1S/C21H21FN4O/c1-13-8-9-17(10-14(13)2)26-21(27)19-11-20(25-15(3)24-19)23-12-16-6-4-5-7-18(16)22/h4-11H,12H2,1-3H3,(H,26,27)(H,23,24,25). The lowest BCUT2D eigenvalue weighted by Gasteiger charge is -2.10. The van der Waals surface area contributed by atoms with E-state index in [1.165, 1.54) is 6.07 Å². The summed E-state index contributed by atoms with van der Waals surface area (Å²) in [4.78, 5) is 21.0. The fourth-order valence-corrected chi connectivity index (χ4v) is 2.62. The molecule has 138 valence electrons. The van der Waals surface area contributed by atoms with Crippen molar-refractivity contribution in [3.63, 3.8) is 0 Å². The van der Waals surface area contributed by atoms with Gasteiger partial charge in [0.25, 0.3) is 5.91 Å². The zero-order valence-corrected chi connectivity index (χ0v) is 15.5. The fourth-order valence-electron chi connectivity index (χ4n) is 2.62. The summed E-state index contributed by atoms with van der Waals surface area (Å²) in [7, 11) is 0. The van der Waals surface area contributed by atoms with Crippen molar-refractivity contribution in [2.45, 2.75) is 27.3 Å². The number of nitrogens with one attached hydrogen (secondary N) is 2. The van der Waals surface area contributed by atoms with E-state index in [0.717, 1.165) is 11.1 Å². The summed E-state index contributed by atoms with van der Waals surface area (Å²) in [6.07, 6.45) is 0. The molecule has 2 N–H and O–H groups in total. The predicted octanol–water partition coefficient (Wildman–Crippen LogP) is 4.41. The second-order valence-electron chi connectivity index (χ2n) is 6.38. The van der Waals surface area contributed by atoms with E-state index >= 15 is 0 Å². The van der Waals surface area contributed by atoms with Gasteiger partial charge in [0.2, 0.25) is 0 Å². The van der Waals surface area contributed by atoms with Gasteiger partial charge in [-0.15, -0.1) is 0 Å². The number of anilines is 2. The van der Waals surface area contributed by atoms with Crippen molar-refractivity contribution in [1.82, 2.24) is 9.97 Å². The Bertz CT molecular complexity index is 988. The van der Waals surface area contributed by atoms with Gasteiger partial charge >= 0.3 is 0 Å². The smallest absolute Gasteiger partial charge is 0.274 e. The lowest BCUT2D eigenvalue weighted by molar-refractivity contribution is 0.102. The number of carbonyl (C=O) groups is 1. The third-order valence-electron chi connectivity index (χ3n) is 4.25. The Balaban J connectivity index is 1.75. The van der Waals surface area contributed by atoms with Crippen molar-refractivity contribution in [3.8, 4) is 0 Å². The van der Waals surface area contributed by atoms with Crippen LogP contribution in [0.3, 0.4) is 0 Å². The highest BCUT2D eigenvalue weighted by Gasteiger charge is 2.12. The van der Waals surface area contributed by atoms with Gasteiger partial charge in [-0.3, -0.25) is 4.79 Å². The third-order valence-corrected chi connectivity index (χ3v) is 4.25. The third kappa shape index (κ3) is 4.67. The molecule has 0 atom stereocenters. The largest absolute Gasteiger partial charge is 0.366 e. The molecule has 5 nitrogen and oxygen atoms in total. The fraction of sp³-hybridized carbons (Fsp3) is 0.190. The highest BCUT2D eigenvalue weighted by molar-refractivity contribution is 6.03. The minimum atomic E-state index is -0.322. The van der Waals surface area contributed by atoms with Crippen LogP contribution in [-0.2, 0) is 6.54 Å². The number of nitrogens with zero attached hydrogens (tertiary/aromatic N) is 2. The monoisotopic (exact) mass is 364 g/mol. The number of aromatic nitrogens is 2. The van der Waals surface area contributed by atoms with Crippen molar-refractivity contribution in [2.75, 3.05) is 10.6 Å². The molecule has 27 heavy (non-hydrogen) atoms. The molecule has 0 bridgehead atoms. The zero-order chi connectivity index (χ0) is 19.4. The molecule has 0 aliphatic carbocycles. The first-order valence-electron chi connectivity index (χ1n) is 8.64. The molecule has 1 aromatic heterocycles. The molecule has 0 aliphatic heterocycles. The molecule has 0 radical (unpaired) electrons. The van der Waals surface area contributed by atoms with Gasteiger partial charge < -0.3 is 10.6 Å². The maximum Gasteiger partial charge on any atom is 0.274 e. The lowest BCUT2D eigenvalue weighted by atomic mass is 10.1. The maximum absolute atomic E-state index is 13.7. The van der Waals surface area contributed by atoms with Crippen molar-refractivity contribution >= 4 is 17.4 Å². The van der Waals surface area contributed by atoms with Crippen molar-refractivity contribution in [1.29, 1.82) is 0 Å². The van der Waals surface area contributed by atoms with E-state index in [1.807, 2.05) is 32.0 Å². The van der Waals surface area contributed by atoms with Gasteiger partial charge in [-0.25, -0.2) is 14.4 Å². The Kier molecular flexibility index (Phi) is 5.45. The van der Waals surface area contributed by atoms with Crippen LogP contribution in [0.4, 0.5) is 15.9 Å². The van der Waals surface area contributed by atoms with Crippen LogP contribution in [0.15, 0.2) is 48.5 Å². The Morgan fingerprint density at radius 2 is 1.78 bits per heavy atom. The van der Waals surface area contributed by atoms with Crippen molar-refractivity contribution in [3.05, 3.63) is 82.6 Å². The van der Waals surface area contributed by atoms with E-state index in [9.17, 15) is 9.18 Å². The number of aryl methyl sites for hydroxylation is 3. The first-order chi connectivity index (χ1) is 12.9. The van der Waals surface area contributed by atoms with E-state index < -0.39 is 0 Å². The molecule has 3 aromatic rings. The highest BCUT2D eigenvalue weighted by atomic mass is 19.1. The van der Waals surface area contributed by atoms with Crippen LogP contribution >= 0.6 is 0 Å². The van der Waals surface area contributed by atoms with Gasteiger partial charge in [-0.2, -0.15) is 0 Å². The van der Waals surface area contributed by atoms with Gasteiger partial charge in [-0.1, -0.05) is 24.3 Å². The normalized spacial score (nSPS) is 10.5. The molecule has 1 heterocycles. The summed E-state index contributed by atoms with van der Waals surface area (Å²) in [5.41, 5.74) is 3.73. The molecule has 0 aliphatic rings. The number of benzene rings is 2. The topological polar surface area (TPSA) is 66.9 Å². The minimum Gasteiger partial charge on any atom is -0.366 e. The van der Waals surface area contributed by atoms with Gasteiger partial charge in [-0.05, 0) is 50.1 Å². The SMILES string of the molecule is Cc1nc(NCc2ccccc2F)cc(C(=O)Nc2ccc(C)c(C)c2)n1. The van der Waals surface area contributed by atoms with E-state index in [4.69, 9.17) is 0 Å². The summed E-state index contributed by atoms with van der Waals surface area (Å²) in [5, 5.41) is 5.89. The summed E-state index contributed by atoms with van der Waals surface area (Å²) in [5.74, 6) is 0.316. The van der Waals surface area contributed by atoms with Crippen molar-refractivity contribution in [2.24, 2.45) is 0 Å². The van der Waals surface area contributed by atoms with Crippen LogP contribution in [0.25, 0.3) is 0 Å². The van der Waals surface area contributed by atoms with Gasteiger partial charge in [0.15, 0.2) is 0 Å². The van der Waals surface area contributed by atoms with E-state index in [2.05, 4.69) is 20.6 Å². The molecule has 0 saturated heterocycles. The molecule has 0 spiro atoms. The molecule has 3 rings (SSSR count). The lowest BCUT2D eigenvalue weighted by Crippen LogP contribution is -2.16. The van der Waals surface area contributed by atoms with Crippen molar-refractivity contribution < 1.29 is 9.18 Å². The predicted molar refractivity (Wildman–Crippen MR) is 104 cm³/mol. The van der Waals surface area contributed by atoms with E-state index in [-0.39, 0.29) is 24.0 Å². The number of hydrogen-bond acceptors (Lipinski definition) is 4. The first kappa shape index (κ1) is 18.5. The summed E-state index contributed by atoms with van der Waals surface area (Å²) in [6.45, 7) is 5.98. The second kappa shape index (κ2) is 7.95. The summed E-state index contributed by atoms with van der Waals surface area (Å²) >= 11 is 0. The quantitative estimate of drug-likeness (QED) is 0.704. The summed E-state index contributed by atoms with van der Waals surface area (Å²) in [6, 6.07) is 13.8. The number of halogens is 1. The van der Waals surface area contributed by atoms with Crippen LogP contribution in [0, 0.1) is 26.6 Å². The van der Waals surface area contributed by atoms with E-state index in [1.54, 1.807) is 31.2 Å². The van der Waals surface area contributed by atoms with Crippen LogP contribution in [-0.4, -0.2) is 15.9 Å². The molecule has 0 saturated carbocycles. The molecule has 0 fully saturated rings. The van der Waals surface area contributed by atoms with Gasteiger partial charge in [0.05, 0.1) is 0 Å². The van der Waals surface area contributed by atoms with Gasteiger partial charge in [0.1, 0.15) is 23.2 Å². The second-order valence-corrected chi connectivity index (χ2v) is 6.38. The maximum atomic E-state index is 13.7. The zero-order valence-electron chi connectivity index (χ0n) is 15.5. The number of carbonyl (C=O) groups excluding carboxylic acids is 1. The minimum absolute atomic E-state index is 0.247. The molecule has 6 heteroatoms. The Hall–Kier alpha value is -3.28. The molecular formula is C21H21FN4O. The average Bonchev–Trinajstić information content (AvgIpc) is 2.63. The molecular weight excluding hydrogens is 343 g/mol. The average molecular weight is 364 g/mol. The molecule has 2 aromatic carbocycles. The summed E-state index contributed by atoms with van der Waals surface area (Å²) < 4.78 is 13.7. The molecule has 1 amide bonds. The number of amides is 1. The Labute approximate surface area is 157 Å². The Morgan fingerprint density at radius 3 is 2.52 bits per heavy atom. The number of hydrogen-bond donors (Lipinski definition) is 2. The Morgan fingerprint density at radius 1 is 1.00 bits per heavy atom. The van der Waals surface area contributed by atoms with Crippen LogP contribution in [0.1, 0.15) is 33.0 Å². The highest BCUT2D eigenvalue weighted by Crippen LogP contribution is 2.16. The number of rotatable bonds is 5. The molecule has 0 unspecified atom stereocenters. The van der Waals surface area contributed by atoms with Crippen LogP contribution in [0.2, 0.25) is 0 Å². The first-order valence-corrected chi connectivity index (χ1v) is 8.64. The van der Waals surface area contributed by atoms with Gasteiger partial charge in [0, 0.05) is 23.9 Å². The van der Waals surface area contributed by atoms with E-state index in [0.29, 0.717) is 22.9 Å². The van der Waals surface area contributed by atoms with Crippen LogP contribution < -0.4 is 10.6 Å².